The molecule has 18 heavy (non-hydrogen) atoms. The molecule has 1 N–H and O–H groups in total. The van der Waals surface area contributed by atoms with E-state index in [-0.39, 0.29) is 0 Å². The summed E-state index contributed by atoms with van der Waals surface area (Å²) in [6, 6.07) is 0. The third-order valence-corrected chi connectivity index (χ3v) is 4.60. The second kappa shape index (κ2) is 12.0. The van der Waals surface area contributed by atoms with Crippen molar-refractivity contribution in [3.63, 3.8) is 0 Å². The first-order chi connectivity index (χ1) is 8.46. The summed E-state index contributed by atoms with van der Waals surface area (Å²) in [4.78, 5) is 0. The second-order valence-electron chi connectivity index (χ2n) is 3.14. The number of halogens is 5. The summed E-state index contributed by atoms with van der Waals surface area (Å²) < 4.78 is 19.2. The molecule has 0 amide bonds. The fraction of sp³-hybridized carbons (Fsp3) is 1.00. The van der Waals surface area contributed by atoms with E-state index in [1.165, 1.54) is 0 Å². The van der Waals surface area contributed by atoms with Crippen molar-refractivity contribution in [3.05, 3.63) is 0 Å². The van der Waals surface area contributed by atoms with Crippen LogP contribution in [0.15, 0.2) is 0 Å². The molecule has 0 aromatic carbocycles. The Morgan fingerprint density at radius 3 is 2.06 bits per heavy atom. The molecule has 0 spiro atoms. The van der Waals surface area contributed by atoms with Crippen LogP contribution in [0, 0.1) is 0 Å². The van der Waals surface area contributed by atoms with Gasteiger partial charge in [0.1, 0.15) is 0 Å². The third-order valence-electron chi connectivity index (χ3n) is 1.96. The standard InChI is InChI=1S/C7H15Cl2N2O2P.3ClH.Sb/c8-2-5-11(6-3-9)14(12)10-4-1-7-13-14;;;;/h1-7H2,(H,10,12);3*1H;/q;;;;+3/p-3. The van der Waals surface area contributed by atoms with Crippen LogP contribution in [0.4, 0.5) is 0 Å². The number of nitrogens with zero attached hydrogens (tertiary/aromatic N) is 1. The molecule has 0 bridgehead atoms. The van der Waals surface area contributed by atoms with Crippen LogP contribution >= 0.6 is 57.4 Å². The first-order valence-corrected chi connectivity index (χ1v) is 17.4. The minimum absolute atomic E-state index is 0.423. The van der Waals surface area contributed by atoms with E-state index in [4.69, 9.17) is 54.2 Å². The monoisotopic (exact) mass is 486 g/mol. The molecule has 1 heterocycles. The van der Waals surface area contributed by atoms with Crippen LogP contribution in [-0.2, 0) is 9.09 Å². The summed E-state index contributed by atoms with van der Waals surface area (Å²) in [6.07, 6.45) is 0.888. The average molecular weight is 489 g/mol. The quantitative estimate of drug-likeness (QED) is 0.365. The first-order valence-electron chi connectivity index (χ1n) is 5.11. The Kier molecular flexibility index (Phi) is 13.6. The van der Waals surface area contributed by atoms with Crippen LogP contribution in [0.1, 0.15) is 6.42 Å². The van der Waals surface area contributed by atoms with Crippen LogP contribution < -0.4 is 5.09 Å². The van der Waals surface area contributed by atoms with Gasteiger partial charge in [-0.3, -0.25) is 4.57 Å². The Morgan fingerprint density at radius 2 is 1.72 bits per heavy atom. The first kappa shape index (κ1) is 20.4. The van der Waals surface area contributed by atoms with Gasteiger partial charge in [0.25, 0.3) is 0 Å². The van der Waals surface area contributed by atoms with Gasteiger partial charge < -0.3 is 4.52 Å². The van der Waals surface area contributed by atoms with Crippen molar-refractivity contribution in [3.8, 4) is 0 Å². The van der Waals surface area contributed by atoms with E-state index in [0.29, 0.717) is 31.5 Å². The Hall–Kier alpha value is 2.38. The maximum absolute atomic E-state index is 12.2. The predicted octanol–water partition coefficient (Wildman–Crippen LogP) is 3.57. The van der Waals surface area contributed by atoms with Crippen molar-refractivity contribution < 1.29 is 9.09 Å². The van der Waals surface area contributed by atoms with Crippen molar-refractivity contribution in [2.75, 3.05) is 38.0 Å². The Morgan fingerprint density at radius 1 is 1.22 bits per heavy atom. The van der Waals surface area contributed by atoms with Crippen molar-refractivity contribution in [1.82, 2.24) is 9.76 Å². The predicted molar refractivity (Wildman–Crippen MR) is 82.5 cm³/mol. The molecule has 0 radical (unpaired) electrons. The molecular formula is C7H15Cl5N2O2PSb. The number of rotatable bonds is 5. The van der Waals surface area contributed by atoms with Crippen LogP contribution in [0.5, 0.6) is 0 Å². The molecule has 0 aliphatic carbocycles. The van der Waals surface area contributed by atoms with Crippen molar-refractivity contribution in [1.29, 1.82) is 0 Å². The summed E-state index contributed by atoms with van der Waals surface area (Å²) in [7, 11) is 12.1. The average Bonchev–Trinajstić information content (AvgIpc) is 2.29. The SMILES string of the molecule is O=P1(N(CCCl)CCCl)NCCCO1.[Cl][Sb]([Cl])[Cl]. The van der Waals surface area contributed by atoms with E-state index < -0.39 is 24.5 Å². The zero-order valence-corrected chi connectivity index (χ0v) is 16.7. The van der Waals surface area contributed by atoms with Gasteiger partial charge in [0.2, 0.25) is 0 Å². The Bertz CT molecular complexity index is 245. The van der Waals surface area contributed by atoms with Crippen molar-refractivity contribution in [2.45, 2.75) is 6.42 Å². The second-order valence-corrected chi connectivity index (χ2v) is 17.5. The molecule has 0 aromatic heterocycles. The number of hydrogen-bond acceptors (Lipinski definition) is 2. The van der Waals surface area contributed by atoms with E-state index >= 15 is 0 Å². The van der Waals surface area contributed by atoms with Gasteiger partial charge in [-0.25, -0.2) is 9.76 Å². The van der Waals surface area contributed by atoms with Gasteiger partial charge in [0.05, 0.1) is 6.61 Å². The van der Waals surface area contributed by atoms with E-state index in [9.17, 15) is 4.57 Å². The van der Waals surface area contributed by atoms with E-state index in [1.54, 1.807) is 4.67 Å². The molecule has 110 valence electrons. The van der Waals surface area contributed by atoms with Gasteiger partial charge >= 0.3 is 50.9 Å². The maximum atomic E-state index is 12.2. The normalized spacial score (nSPS) is 23.9. The molecule has 0 aromatic rings. The topological polar surface area (TPSA) is 41.6 Å². The molecule has 0 saturated carbocycles. The van der Waals surface area contributed by atoms with Gasteiger partial charge in [-0.1, -0.05) is 0 Å². The van der Waals surface area contributed by atoms with Gasteiger partial charge in [-0.05, 0) is 6.42 Å². The Labute approximate surface area is 136 Å². The molecular weight excluding hydrogens is 474 g/mol. The molecule has 11 heteroatoms. The number of hydrogen-bond donors (Lipinski definition) is 1. The fourth-order valence-corrected chi connectivity index (χ4v) is 3.92. The Balaban J connectivity index is 0.000000631. The molecule has 1 aliphatic heterocycles. The third kappa shape index (κ3) is 9.34. The molecule has 1 fully saturated rings. The molecule has 1 saturated heterocycles. The number of nitrogens with one attached hydrogen (secondary N) is 1. The molecule has 1 aliphatic rings. The molecule has 1 unspecified atom stereocenters. The van der Waals surface area contributed by atoms with Gasteiger partial charge in [0.15, 0.2) is 0 Å². The van der Waals surface area contributed by atoms with Crippen molar-refractivity contribution in [2.24, 2.45) is 0 Å². The van der Waals surface area contributed by atoms with E-state index in [2.05, 4.69) is 5.09 Å². The summed E-state index contributed by atoms with van der Waals surface area (Å²) in [5, 5.41) is 2.91. The number of alkyl halides is 2. The van der Waals surface area contributed by atoms with Gasteiger partial charge in [-0.15, -0.1) is 23.2 Å². The molecule has 4 nitrogen and oxygen atoms in total. The van der Waals surface area contributed by atoms with Crippen LogP contribution in [0.25, 0.3) is 0 Å². The van der Waals surface area contributed by atoms with Crippen LogP contribution in [0.2, 0.25) is 0 Å². The van der Waals surface area contributed by atoms with Crippen molar-refractivity contribution >= 4 is 74.1 Å². The van der Waals surface area contributed by atoms with Gasteiger partial charge in [0, 0.05) is 31.4 Å². The van der Waals surface area contributed by atoms with Gasteiger partial charge in [-0.2, -0.15) is 0 Å². The van der Waals surface area contributed by atoms with E-state index in [0.717, 1.165) is 13.0 Å². The summed E-state index contributed by atoms with van der Waals surface area (Å²) in [6.45, 7) is 2.31. The molecule has 1 atom stereocenters. The van der Waals surface area contributed by atoms with E-state index in [1.807, 2.05) is 0 Å². The van der Waals surface area contributed by atoms with Crippen LogP contribution in [0.3, 0.4) is 0 Å². The van der Waals surface area contributed by atoms with Crippen LogP contribution in [-0.4, -0.2) is 59.5 Å². The summed E-state index contributed by atoms with van der Waals surface area (Å²) >= 11 is 9.21. The minimum atomic E-state index is -2.84. The zero-order valence-electron chi connectivity index (χ0n) is 9.50. The molecule has 1 rings (SSSR count). The zero-order chi connectivity index (χ0) is 14.0. The fourth-order valence-electron chi connectivity index (χ4n) is 1.28. The summed E-state index contributed by atoms with van der Waals surface area (Å²) in [5.41, 5.74) is 0. The summed E-state index contributed by atoms with van der Waals surface area (Å²) in [5.74, 6) is 0.845.